The molecule has 1 aliphatic carbocycles. The van der Waals surface area contributed by atoms with E-state index < -0.39 is 0 Å². The Labute approximate surface area is 259 Å². The zero-order valence-electron chi connectivity index (χ0n) is 25.6. The fraction of sp³-hybridized carbons (Fsp3) is 0.119. The van der Waals surface area contributed by atoms with Gasteiger partial charge in [0.05, 0.1) is 11.2 Å². The van der Waals surface area contributed by atoms with E-state index in [0.717, 1.165) is 11.2 Å². The van der Waals surface area contributed by atoms with Crippen molar-refractivity contribution >= 4 is 38.7 Å². The monoisotopic (exact) mass is 566 g/mol. The molecule has 7 aromatic rings. The lowest BCUT2D eigenvalue weighted by atomic mass is 9.80. The van der Waals surface area contributed by atoms with Gasteiger partial charge in [0.1, 0.15) is 0 Å². The second-order valence-corrected chi connectivity index (χ2v) is 12.6. The van der Waals surface area contributed by atoms with E-state index in [0.29, 0.717) is 0 Å². The van der Waals surface area contributed by atoms with Crippen LogP contribution in [-0.2, 0) is 5.41 Å². The van der Waals surface area contributed by atoms with Gasteiger partial charge in [-0.05, 0) is 112 Å². The Bertz CT molecular complexity index is 2220. The molecule has 0 N–H and O–H groups in total. The Morgan fingerprint density at radius 2 is 1.25 bits per heavy atom. The van der Waals surface area contributed by atoms with Gasteiger partial charge in [-0.15, -0.1) is 0 Å². The topological polar surface area (TPSA) is 16.1 Å². The van der Waals surface area contributed by atoms with E-state index in [-0.39, 0.29) is 5.41 Å². The number of hydrogen-bond acceptors (Lipinski definition) is 2. The number of anilines is 3. The van der Waals surface area contributed by atoms with E-state index in [1.807, 2.05) is 12.3 Å². The lowest BCUT2D eigenvalue weighted by Crippen LogP contribution is -2.17. The second kappa shape index (κ2) is 9.92. The SMILES string of the molecule is Cc1cc2c(cc1-c1ccc3cccnc3c1)C(C)(C)c1cc(N(c3ccccc3)c3cccc4ccccc34)c(C)cc1-2. The summed E-state index contributed by atoms with van der Waals surface area (Å²) in [5.74, 6) is 0. The summed E-state index contributed by atoms with van der Waals surface area (Å²) in [5, 5.41) is 3.65. The molecule has 1 aromatic heterocycles. The number of nitrogens with zero attached hydrogens (tertiary/aromatic N) is 2. The van der Waals surface area contributed by atoms with Crippen LogP contribution in [0, 0.1) is 13.8 Å². The summed E-state index contributed by atoms with van der Waals surface area (Å²) in [6.45, 7) is 9.25. The van der Waals surface area contributed by atoms with E-state index in [2.05, 4.69) is 159 Å². The number of rotatable bonds is 4. The molecule has 0 spiro atoms. The highest BCUT2D eigenvalue weighted by molar-refractivity contribution is 6.00. The first kappa shape index (κ1) is 26.4. The lowest BCUT2D eigenvalue weighted by Gasteiger charge is -2.30. The van der Waals surface area contributed by atoms with Crippen LogP contribution in [0.3, 0.4) is 0 Å². The van der Waals surface area contributed by atoms with Gasteiger partial charge in [-0.25, -0.2) is 0 Å². The second-order valence-electron chi connectivity index (χ2n) is 12.6. The number of pyridine rings is 1. The van der Waals surface area contributed by atoms with E-state index in [1.165, 1.54) is 72.0 Å². The van der Waals surface area contributed by atoms with Crippen LogP contribution in [0.5, 0.6) is 0 Å². The average molecular weight is 567 g/mol. The maximum absolute atomic E-state index is 4.63. The maximum atomic E-state index is 4.63. The van der Waals surface area contributed by atoms with Crippen LogP contribution >= 0.6 is 0 Å². The average Bonchev–Trinajstić information content (AvgIpc) is 3.25. The highest BCUT2D eigenvalue weighted by Crippen LogP contribution is 2.53. The van der Waals surface area contributed by atoms with Gasteiger partial charge in [-0.1, -0.05) is 92.7 Å². The molecule has 212 valence electrons. The van der Waals surface area contributed by atoms with Crippen molar-refractivity contribution in [3.8, 4) is 22.3 Å². The Morgan fingerprint density at radius 3 is 2.09 bits per heavy atom. The fourth-order valence-electron chi connectivity index (χ4n) is 7.20. The van der Waals surface area contributed by atoms with Crippen molar-refractivity contribution < 1.29 is 0 Å². The molecule has 2 nitrogen and oxygen atoms in total. The Kier molecular flexibility index (Phi) is 5.96. The molecule has 0 unspecified atom stereocenters. The first-order valence-electron chi connectivity index (χ1n) is 15.4. The van der Waals surface area contributed by atoms with Gasteiger partial charge in [-0.2, -0.15) is 0 Å². The van der Waals surface area contributed by atoms with Gasteiger partial charge in [0, 0.05) is 33.8 Å². The van der Waals surface area contributed by atoms with Crippen molar-refractivity contribution in [2.24, 2.45) is 0 Å². The molecule has 0 fully saturated rings. The van der Waals surface area contributed by atoms with Crippen molar-refractivity contribution in [1.29, 1.82) is 0 Å². The number of fused-ring (bicyclic) bond motifs is 5. The van der Waals surface area contributed by atoms with Crippen LogP contribution in [0.25, 0.3) is 43.9 Å². The van der Waals surface area contributed by atoms with Gasteiger partial charge >= 0.3 is 0 Å². The molecule has 44 heavy (non-hydrogen) atoms. The van der Waals surface area contributed by atoms with Crippen LogP contribution in [0.2, 0.25) is 0 Å². The highest BCUT2D eigenvalue weighted by atomic mass is 15.1. The molecule has 1 heterocycles. The molecule has 1 aliphatic rings. The zero-order chi connectivity index (χ0) is 30.0. The van der Waals surface area contributed by atoms with Gasteiger partial charge in [0.25, 0.3) is 0 Å². The molecule has 6 aromatic carbocycles. The quantitative estimate of drug-likeness (QED) is 0.211. The van der Waals surface area contributed by atoms with Gasteiger partial charge in [0.15, 0.2) is 0 Å². The summed E-state index contributed by atoms with van der Waals surface area (Å²) >= 11 is 0. The van der Waals surface area contributed by atoms with Crippen molar-refractivity contribution in [2.45, 2.75) is 33.1 Å². The minimum absolute atomic E-state index is 0.161. The Balaban J connectivity index is 1.31. The largest absolute Gasteiger partial charge is 0.310 e. The molecule has 0 aliphatic heterocycles. The van der Waals surface area contributed by atoms with Crippen molar-refractivity contribution in [1.82, 2.24) is 4.98 Å². The molecule has 0 saturated heterocycles. The lowest BCUT2D eigenvalue weighted by molar-refractivity contribution is 0.660. The predicted octanol–water partition coefficient (Wildman–Crippen LogP) is 11.4. The molecule has 0 saturated carbocycles. The summed E-state index contributed by atoms with van der Waals surface area (Å²) in [6.07, 6.45) is 1.87. The van der Waals surface area contributed by atoms with E-state index in [9.17, 15) is 0 Å². The van der Waals surface area contributed by atoms with E-state index in [4.69, 9.17) is 0 Å². The normalized spacial score (nSPS) is 13.2. The minimum Gasteiger partial charge on any atom is -0.310 e. The van der Waals surface area contributed by atoms with Crippen molar-refractivity contribution in [3.63, 3.8) is 0 Å². The Hall–Kier alpha value is -5.21. The van der Waals surface area contributed by atoms with Gasteiger partial charge in [0.2, 0.25) is 0 Å². The van der Waals surface area contributed by atoms with Crippen LogP contribution in [0.15, 0.2) is 134 Å². The summed E-state index contributed by atoms with van der Waals surface area (Å²) in [7, 11) is 0. The standard InChI is InChI=1S/C42H34N2/c1-27-22-35-36-23-28(2)41(44(32-15-6-5-7-16-32)40-18-10-13-29-12-8-9-17-33(29)40)26-38(36)42(3,4)37(35)25-34(27)31-20-19-30-14-11-21-43-39(30)24-31/h5-26H,1-4H3. The molecule has 8 rings (SSSR count). The molecular formula is C42H34N2. The summed E-state index contributed by atoms with van der Waals surface area (Å²) in [5.41, 5.74) is 14.9. The molecule has 2 heteroatoms. The summed E-state index contributed by atoms with van der Waals surface area (Å²) < 4.78 is 0. The molecular weight excluding hydrogens is 532 g/mol. The van der Waals surface area contributed by atoms with Crippen LogP contribution in [0.1, 0.15) is 36.1 Å². The molecule has 0 radical (unpaired) electrons. The first-order valence-corrected chi connectivity index (χ1v) is 15.4. The zero-order valence-corrected chi connectivity index (χ0v) is 25.6. The van der Waals surface area contributed by atoms with E-state index in [1.54, 1.807) is 0 Å². The fourth-order valence-corrected chi connectivity index (χ4v) is 7.20. The number of benzene rings is 6. The number of hydrogen-bond donors (Lipinski definition) is 0. The highest BCUT2D eigenvalue weighted by Gasteiger charge is 2.37. The third kappa shape index (κ3) is 4.06. The van der Waals surface area contributed by atoms with Gasteiger partial charge < -0.3 is 4.90 Å². The van der Waals surface area contributed by atoms with Crippen molar-refractivity contribution in [2.75, 3.05) is 4.90 Å². The van der Waals surface area contributed by atoms with Crippen LogP contribution < -0.4 is 4.90 Å². The van der Waals surface area contributed by atoms with Crippen LogP contribution in [-0.4, -0.2) is 4.98 Å². The summed E-state index contributed by atoms with van der Waals surface area (Å²) in [4.78, 5) is 7.07. The summed E-state index contributed by atoms with van der Waals surface area (Å²) in [6, 6.07) is 46.5. The van der Waals surface area contributed by atoms with Gasteiger partial charge in [-0.3, -0.25) is 4.98 Å². The van der Waals surface area contributed by atoms with Crippen LogP contribution in [0.4, 0.5) is 17.1 Å². The van der Waals surface area contributed by atoms with E-state index >= 15 is 0 Å². The number of aromatic nitrogens is 1. The smallest absolute Gasteiger partial charge is 0.0708 e. The minimum atomic E-state index is -0.161. The third-order valence-corrected chi connectivity index (χ3v) is 9.52. The number of para-hydroxylation sites is 1. The third-order valence-electron chi connectivity index (χ3n) is 9.52. The van der Waals surface area contributed by atoms with Crippen molar-refractivity contribution in [3.05, 3.63) is 156 Å². The molecule has 0 amide bonds. The predicted molar refractivity (Wildman–Crippen MR) is 186 cm³/mol. The molecule has 0 bridgehead atoms. The Morgan fingerprint density at radius 1 is 0.545 bits per heavy atom. The number of aryl methyl sites for hydroxylation is 2. The molecule has 0 atom stereocenters. The first-order chi connectivity index (χ1) is 21.4. The maximum Gasteiger partial charge on any atom is 0.0708 e.